The molecule has 0 saturated carbocycles. The molecule has 0 aliphatic rings. The average molecular weight is 551 g/mol. The van der Waals surface area contributed by atoms with E-state index in [1.807, 2.05) is 0 Å². The van der Waals surface area contributed by atoms with Crippen molar-refractivity contribution in [3.8, 4) is 0 Å². The fourth-order valence-electron chi connectivity index (χ4n) is 4.60. The molecule has 0 heterocycles. The quantitative estimate of drug-likeness (QED) is 0.0487. The lowest BCUT2D eigenvalue weighted by Crippen LogP contribution is -2.26. The highest BCUT2D eigenvalue weighted by atomic mass is 31.2. The van der Waals surface area contributed by atoms with E-state index in [0.717, 1.165) is 19.3 Å². The number of aliphatic hydroxyl groups is 1. The molecule has 0 aliphatic carbocycles. The number of unbranched alkanes of at least 4 members (excludes halogenated alkanes) is 22. The lowest BCUT2D eigenvalue weighted by molar-refractivity contribution is -0.153. The number of aliphatic hydroxyl groups excluding tert-OH is 1. The number of esters is 1. The van der Waals surface area contributed by atoms with E-state index in [9.17, 15) is 9.36 Å². The minimum Gasteiger partial charge on any atom is -0.457 e. The van der Waals surface area contributed by atoms with E-state index in [-0.39, 0.29) is 6.42 Å². The van der Waals surface area contributed by atoms with Crippen molar-refractivity contribution in [3.05, 3.63) is 0 Å². The van der Waals surface area contributed by atoms with Crippen molar-refractivity contribution >= 4 is 13.8 Å². The third-order valence-corrected chi connectivity index (χ3v) is 7.40. The number of phosphoric ester groups is 1. The van der Waals surface area contributed by atoms with E-state index in [0.29, 0.717) is 0 Å². The van der Waals surface area contributed by atoms with Gasteiger partial charge in [0.1, 0.15) is 6.10 Å². The van der Waals surface area contributed by atoms with Crippen molar-refractivity contribution in [3.63, 3.8) is 0 Å². The Hall–Kier alpha value is -0.460. The minimum absolute atomic E-state index is 0.242. The van der Waals surface area contributed by atoms with Crippen molar-refractivity contribution in [2.45, 2.75) is 167 Å². The fourth-order valence-corrected chi connectivity index (χ4v) is 4.96. The first-order valence-electron chi connectivity index (χ1n) is 15.4. The van der Waals surface area contributed by atoms with Crippen LogP contribution >= 0.6 is 7.82 Å². The molecule has 0 aromatic carbocycles. The largest absolute Gasteiger partial charge is 0.469 e. The van der Waals surface area contributed by atoms with Gasteiger partial charge in [0.25, 0.3) is 0 Å². The second-order valence-electron chi connectivity index (χ2n) is 10.6. The van der Waals surface area contributed by atoms with Crippen LogP contribution in [0, 0.1) is 0 Å². The van der Waals surface area contributed by atoms with Crippen molar-refractivity contribution in [2.24, 2.45) is 0 Å². The molecule has 0 saturated heterocycles. The van der Waals surface area contributed by atoms with Crippen LogP contribution in [0.3, 0.4) is 0 Å². The summed E-state index contributed by atoms with van der Waals surface area (Å²) in [6.45, 7) is 1.22. The molecule has 0 radical (unpaired) electrons. The Labute approximate surface area is 227 Å². The highest BCUT2D eigenvalue weighted by Gasteiger charge is 2.20. The molecule has 0 rings (SSSR count). The zero-order valence-electron chi connectivity index (χ0n) is 23.9. The van der Waals surface area contributed by atoms with Crippen LogP contribution in [0.2, 0.25) is 0 Å². The van der Waals surface area contributed by atoms with Gasteiger partial charge < -0.3 is 19.6 Å². The Morgan fingerprint density at radius 2 is 0.946 bits per heavy atom. The molecule has 0 bridgehead atoms. The van der Waals surface area contributed by atoms with Gasteiger partial charge in [0.2, 0.25) is 0 Å². The molecule has 0 spiro atoms. The summed E-state index contributed by atoms with van der Waals surface area (Å²) in [4.78, 5) is 29.1. The molecular weight excluding hydrogens is 491 g/mol. The standard InChI is InChI=1S/C29H59O7P/c1-2-3-4-5-6-7-8-9-10-11-12-13-14-15-16-17-18-19-20-21-22-23-24-25-29(31)36-28(26-30)27-35-37(32,33)34/h28,30H,2-27H2,1H3,(H2,32,33,34)/t28-/m1/s1. The van der Waals surface area contributed by atoms with Crippen LogP contribution in [0.4, 0.5) is 0 Å². The maximum Gasteiger partial charge on any atom is 0.469 e. The molecule has 1 atom stereocenters. The molecule has 8 heteroatoms. The van der Waals surface area contributed by atoms with Crippen LogP contribution in [0.25, 0.3) is 0 Å². The van der Waals surface area contributed by atoms with E-state index in [1.165, 1.54) is 128 Å². The van der Waals surface area contributed by atoms with Gasteiger partial charge in [0.15, 0.2) is 0 Å². The number of carbonyl (C=O) groups is 1. The summed E-state index contributed by atoms with van der Waals surface area (Å²) in [6.07, 6.45) is 29.6. The minimum atomic E-state index is -4.64. The maximum absolute atomic E-state index is 11.8. The first kappa shape index (κ1) is 36.5. The van der Waals surface area contributed by atoms with Gasteiger partial charge in [-0.15, -0.1) is 0 Å². The third kappa shape index (κ3) is 29.9. The number of carbonyl (C=O) groups excluding carboxylic acids is 1. The van der Waals surface area contributed by atoms with E-state index in [1.54, 1.807) is 0 Å². The van der Waals surface area contributed by atoms with Gasteiger partial charge in [-0.3, -0.25) is 9.32 Å². The Morgan fingerprint density at radius 3 is 1.24 bits per heavy atom. The fraction of sp³-hybridized carbons (Fsp3) is 0.966. The predicted molar refractivity (Wildman–Crippen MR) is 151 cm³/mol. The normalized spacial score (nSPS) is 12.6. The molecule has 0 aliphatic heterocycles. The average Bonchev–Trinajstić information content (AvgIpc) is 2.86. The molecule has 37 heavy (non-hydrogen) atoms. The summed E-state index contributed by atoms with van der Waals surface area (Å²) in [5.74, 6) is -0.475. The number of phosphoric acid groups is 1. The van der Waals surface area contributed by atoms with Crippen LogP contribution < -0.4 is 0 Å². The van der Waals surface area contributed by atoms with Crippen LogP contribution in [-0.4, -0.2) is 40.2 Å². The summed E-state index contributed by atoms with van der Waals surface area (Å²) in [5, 5.41) is 9.12. The molecule has 0 fully saturated rings. The van der Waals surface area contributed by atoms with E-state index >= 15 is 0 Å². The van der Waals surface area contributed by atoms with Gasteiger partial charge in [0.05, 0.1) is 13.2 Å². The topological polar surface area (TPSA) is 113 Å². The SMILES string of the molecule is CCCCCCCCCCCCCCCCCCCCCCCCCC(=O)O[C@H](CO)COP(=O)(O)O. The first-order chi connectivity index (χ1) is 17.9. The molecule has 222 valence electrons. The van der Waals surface area contributed by atoms with E-state index < -0.39 is 33.1 Å². The molecule has 3 N–H and O–H groups in total. The van der Waals surface area contributed by atoms with Crippen LogP contribution in [-0.2, 0) is 18.6 Å². The molecule has 0 aromatic rings. The van der Waals surface area contributed by atoms with Gasteiger partial charge in [-0.05, 0) is 6.42 Å². The second-order valence-corrected chi connectivity index (χ2v) is 11.8. The number of hydrogen-bond acceptors (Lipinski definition) is 5. The molecular formula is C29H59O7P. The van der Waals surface area contributed by atoms with Gasteiger partial charge in [-0.1, -0.05) is 148 Å². The van der Waals surface area contributed by atoms with Crippen molar-refractivity contribution in [2.75, 3.05) is 13.2 Å². The van der Waals surface area contributed by atoms with Crippen LogP contribution in [0.1, 0.15) is 161 Å². The van der Waals surface area contributed by atoms with Crippen molar-refractivity contribution in [1.82, 2.24) is 0 Å². The summed E-state index contributed by atoms with van der Waals surface area (Å²) in [5.41, 5.74) is 0. The van der Waals surface area contributed by atoms with Crippen molar-refractivity contribution in [1.29, 1.82) is 0 Å². The molecule has 7 nitrogen and oxygen atoms in total. The van der Waals surface area contributed by atoms with Gasteiger partial charge in [0, 0.05) is 6.42 Å². The summed E-state index contributed by atoms with van der Waals surface area (Å²) in [7, 11) is -4.64. The van der Waals surface area contributed by atoms with Crippen molar-refractivity contribution < 1.29 is 33.5 Å². The Kier molecular flexibility index (Phi) is 26.8. The smallest absolute Gasteiger partial charge is 0.457 e. The number of ether oxygens (including phenoxy) is 1. The summed E-state index contributed by atoms with van der Waals surface area (Å²) < 4.78 is 19.9. The zero-order valence-corrected chi connectivity index (χ0v) is 24.8. The predicted octanol–water partition coefficient (Wildman–Crippen LogP) is 8.38. The van der Waals surface area contributed by atoms with Gasteiger partial charge >= 0.3 is 13.8 Å². The number of rotatable bonds is 29. The highest BCUT2D eigenvalue weighted by molar-refractivity contribution is 7.46. The second kappa shape index (κ2) is 27.1. The van der Waals surface area contributed by atoms with E-state index in [2.05, 4.69) is 11.4 Å². The molecule has 0 amide bonds. The first-order valence-corrected chi connectivity index (χ1v) is 16.9. The number of hydrogen-bond donors (Lipinski definition) is 3. The monoisotopic (exact) mass is 550 g/mol. The lowest BCUT2D eigenvalue weighted by atomic mass is 10.0. The van der Waals surface area contributed by atoms with E-state index in [4.69, 9.17) is 19.6 Å². The maximum atomic E-state index is 11.8. The van der Waals surface area contributed by atoms with Crippen LogP contribution in [0.15, 0.2) is 0 Å². The summed E-state index contributed by atoms with van der Waals surface area (Å²) >= 11 is 0. The van der Waals surface area contributed by atoms with Gasteiger partial charge in [-0.25, -0.2) is 4.57 Å². The molecule has 0 aromatic heterocycles. The highest BCUT2D eigenvalue weighted by Crippen LogP contribution is 2.35. The Morgan fingerprint density at radius 1 is 0.622 bits per heavy atom. The molecule has 0 unspecified atom stereocenters. The Balaban J connectivity index is 3.28. The zero-order chi connectivity index (χ0) is 27.5. The van der Waals surface area contributed by atoms with Crippen LogP contribution in [0.5, 0.6) is 0 Å². The Bertz CT molecular complexity index is 538. The third-order valence-electron chi connectivity index (χ3n) is 6.91. The lowest BCUT2D eigenvalue weighted by Gasteiger charge is -2.15. The summed E-state index contributed by atoms with van der Waals surface area (Å²) in [6, 6.07) is 0. The van der Waals surface area contributed by atoms with Gasteiger partial charge in [-0.2, -0.15) is 0 Å².